The molecular formula is C9H12BrNO. The Hall–Kier alpha value is -0.570. The molecule has 1 aromatic heterocycles. The van der Waals surface area contributed by atoms with E-state index in [1.165, 1.54) is 0 Å². The van der Waals surface area contributed by atoms with E-state index in [4.69, 9.17) is 0 Å². The molecule has 0 spiro atoms. The molecule has 0 saturated heterocycles. The SMILES string of the molecule is CCCc1cc(Br)cn(C)c1=O. The summed E-state index contributed by atoms with van der Waals surface area (Å²) in [6.45, 7) is 2.07. The van der Waals surface area contributed by atoms with Crippen LogP contribution in [0.1, 0.15) is 18.9 Å². The lowest BCUT2D eigenvalue weighted by Gasteiger charge is -2.02. The van der Waals surface area contributed by atoms with Gasteiger partial charge in [-0.05, 0) is 28.4 Å². The highest BCUT2D eigenvalue weighted by atomic mass is 79.9. The molecule has 2 nitrogen and oxygen atoms in total. The minimum atomic E-state index is 0.111. The van der Waals surface area contributed by atoms with Crippen molar-refractivity contribution in [3.05, 3.63) is 32.7 Å². The van der Waals surface area contributed by atoms with Crippen LogP contribution in [0.25, 0.3) is 0 Å². The second-order valence-electron chi connectivity index (χ2n) is 2.85. The van der Waals surface area contributed by atoms with E-state index >= 15 is 0 Å². The maximum atomic E-state index is 11.5. The fourth-order valence-electron chi connectivity index (χ4n) is 1.18. The molecule has 1 rings (SSSR count). The van der Waals surface area contributed by atoms with Crippen LogP contribution in [0.2, 0.25) is 0 Å². The molecular weight excluding hydrogens is 218 g/mol. The molecule has 0 unspecified atom stereocenters. The highest BCUT2D eigenvalue weighted by Gasteiger charge is 2.01. The third-order valence-corrected chi connectivity index (χ3v) is 2.18. The normalized spacial score (nSPS) is 10.2. The first-order valence-corrected chi connectivity index (χ1v) is 4.79. The maximum absolute atomic E-state index is 11.5. The largest absolute Gasteiger partial charge is 0.317 e. The number of hydrogen-bond donors (Lipinski definition) is 0. The smallest absolute Gasteiger partial charge is 0.253 e. The maximum Gasteiger partial charge on any atom is 0.253 e. The first-order chi connectivity index (χ1) is 5.65. The third-order valence-electron chi connectivity index (χ3n) is 1.74. The summed E-state index contributed by atoms with van der Waals surface area (Å²) in [7, 11) is 1.77. The number of aromatic nitrogens is 1. The van der Waals surface area contributed by atoms with Crippen molar-refractivity contribution < 1.29 is 0 Å². The Morgan fingerprint density at radius 2 is 2.25 bits per heavy atom. The zero-order valence-corrected chi connectivity index (χ0v) is 8.89. The van der Waals surface area contributed by atoms with Gasteiger partial charge in [-0.3, -0.25) is 4.79 Å². The molecule has 0 amide bonds. The molecule has 0 radical (unpaired) electrons. The number of hydrogen-bond acceptors (Lipinski definition) is 1. The Kier molecular flexibility index (Phi) is 3.09. The first-order valence-electron chi connectivity index (χ1n) is 4.00. The van der Waals surface area contributed by atoms with E-state index in [2.05, 4.69) is 22.9 Å². The van der Waals surface area contributed by atoms with Gasteiger partial charge in [-0.1, -0.05) is 13.3 Å². The fourth-order valence-corrected chi connectivity index (χ4v) is 1.77. The van der Waals surface area contributed by atoms with Crippen LogP contribution in [-0.2, 0) is 13.5 Å². The summed E-state index contributed by atoms with van der Waals surface area (Å²) in [6, 6.07) is 1.89. The Morgan fingerprint density at radius 3 is 2.83 bits per heavy atom. The van der Waals surface area contributed by atoms with Crippen LogP contribution in [0.5, 0.6) is 0 Å². The van der Waals surface area contributed by atoms with E-state index in [0.717, 1.165) is 22.9 Å². The number of nitrogens with zero attached hydrogens (tertiary/aromatic N) is 1. The molecule has 1 aromatic rings. The van der Waals surface area contributed by atoms with E-state index in [1.54, 1.807) is 17.8 Å². The molecule has 0 saturated carbocycles. The van der Waals surface area contributed by atoms with Crippen LogP contribution in [0.3, 0.4) is 0 Å². The van der Waals surface area contributed by atoms with Crippen molar-refractivity contribution in [3.63, 3.8) is 0 Å². The highest BCUT2D eigenvalue weighted by molar-refractivity contribution is 9.10. The zero-order valence-electron chi connectivity index (χ0n) is 7.30. The van der Waals surface area contributed by atoms with Gasteiger partial charge < -0.3 is 4.57 Å². The Balaban J connectivity index is 3.19. The summed E-state index contributed by atoms with van der Waals surface area (Å²) in [5, 5.41) is 0. The lowest BCUT2D eigenvalue weighted by Crippen LogP contribution is -2.20. The highest BCUT2D eigenvalue weighted by Crippen LogP contribution is 2.08. The summed E-state index contributed by atoms with van der Waals surface area (Å²) in [6.07, 6.45) is 3.64. The minimum Gasteiger partial charge on any atom is -0.317 e. The topological polar surface area (TPSA) is 22.0 Å². The molecule has 12 heavy (non-hydrogen) atoms. The number of halogens is 1. The Morgan fingerprint density at radius 1 is 1.58 bits per heavy atom. The fraction of sp³-hybridized carbons (Fsp3) is 0.444. The second-order valence-corrected chi connectivity index (χ2v) is 3.77. The molecule has 0 bridgehead atoms. The summed E-state index contributed by atoms with van der Waals surface area (Å²) >= 11 is 3.36. The van der Waals surface area contributed by atoms with Gasteiger partial charge in [0.1, 0.15) is 0 Å². The molecule has 66 valence electrons. The summed E-state index contributed by atoms with van der Waals surface area (Å²) < 4.78 is 2.57. The molecule has 0 aliphatic carbocycles. The van der Waals surface area contributed by atoms with E-state index in [1.807, 2.05) is 6.07 Å². The van der Waals surface area contributed by atoms with Crippen LogP contribution >= 0.6 is 15.9 Å². The van der Waals surface area contributed by atoms with Gasteiger partial charge in [0.05, 0.1) is 0 Å². The molecule has 0 aliphatic heterocycles. The van der Waals surface area contributed by atoms with Crippen molar-refractivity contribution in [1.29, 1.82) is 0 Å². The molecule has 0 fully saturated rings. The third kappa shape index (κ3) is 1.97. The molecule has 0 atom stereocenters. The average Bonchev–Trinajstić information content (AvgIpc) is 2.00. The molecule has 0 aromatic carbocycles. The van der Waals surface area contributed by atoms with Crippen molar-refractivity contribution in [2.45, 2.75) is 19.8 Å². The van der Waals surface area contributed by atoms with Gasteiger partial charge >= 0.3 is 0 Å². The van der Waals surface area contributed by atoms with Gasteiger partial charge in [0.25, 0.3) is 5.56 Å². The van der Waals surface area contributed by atoms with E-state index in [-0.39, 0.29) is 5.56 Å². The zero-order chi connectivity index (χ0) is 9.14. The minimum absolute atomic E-state index is 0.111. The van der Waals surface area contributed by atoms with Crippen molar-refractivity contribution in [2.75, 3.05) is 0 Å². The quantitative estimate of drug-likeness (QED) is 0.762. The van der Waals surface area contributed by atoms with E-state index < -0.39 is 0 Å². The lowest BCUT2D eigenvalue weighted by molar-refractivity contribution is 0.807. The van der Waals surface area contributed by atoms with Crippen molar-refractivity contribution in [3.8, 4) is 0 Å². The summed E-state index contributed by atoms with van der Waals surface area (Å²) in [4.78, 5) is 11.5. The van der Waals surface area contributed by atoms with E-state index in [9.17, 15) is 4.79 Å². The van der Waals surface area contributed by atoms with Gasteiger partial charge in [-0.15, -0.1) is 0 Å². The monoisotopic (exact) mass is 229 g/mol. The lowest BCUT2D eigenvalue weighted by atomic mass is 10.2. The Bertz CT molecular complexity index is 330. The van der Waals surface area contributed by atoms with Gasteiger partial charge in [0.2, 0.25) is 0 Å². The summed E-state index contributed by atoms with van der Waals surface area (Å²) in [5.41, 5.74) is 0.995. The standard InChI is InChI=1S/C9H12BrNO/c1-3-4-7-5-8(10)6-11(2)9(7)12/h5-6H,3-4H2,1-2H3. The van der Waals surface area contributed by atoms with Crippen molar-refractivity contribution in [2.24, 2.45) is 7.05 Å². The predicted octanol–water partition coefficient (Wildman–Crippen LogP) is 2.10. The van der Waals surface area contributed by atoms with Crippen LogP contribution in [0.4, 0.5) is 0 Å². The molecule has 0 aliphatic rings. The van der Waals surface area contributed by atoms with Crippen LogP contribution < -0.4 is 5.56 Å². The van der Waals surface area contributed by atoms with Gasteiger partial charge in [0, 0.05) is 23.3 Å². The molecule has 0 N–H and O–H groups in total. The van der Waals surface area contributed by atoms with Gasteiger partial charge in [-0.25, -0.2) is 0 Å². The molecule has 1 heterocycles. The first kappa shape index (κ1) is 9.52. The predicted molar refractivity (Wildman–Crippen MR) is 53.4 cm³/mol. The molecule has 3 heteroatoms. The number of rotatable bonds is 2. The number of pyridine rings is 1. The van der Waals surface area contributed by atoms with Gasteiger partial charge in [0.15, 0.2) is 0 Å². The van der Waals surface area contributed by atoms with Crippen LogP contribution in [0.15, 0.2) is 21.5 Å². The van der Waals surface area contributed by atoms with Crippen LogP contribution in [-0.4, -0.2) is 4.57 Å². The number of aryl methyl sites for hydroxylation is 2. The average molecular weight is 230 g/mol. The van der Waals surface area contributed by atoms with Crippen molar-refractivity contribution >= 4 is 15.9 Å². The van der Waals surface area contributed by atoms with Gasteiger partial charge in [-0.2, -0.15) is 0 Å². The van der Waals surface area contributed by atoms with Crippen LogP contribution in [0, 0.1) is 0 Å². The van der Waals surface area contributed by atoms with Crippen molar-refractivity contribution in [1.82, 2.24) is 4.57 Å². The Labute approximate surface area is 80.3 Å². The summed E-state index contributed by atoms with van der Waals surface area (Å²) in [5.74, 6) is 0. The second kappa shape index (κ2) is 3.90. The van der Waals surface area contributed by atoms with E-state index in [0.29, 0.717) is 0 Å².